The minimum atomic E-state index is -0.284. The monoisotopic (exact) mass is 474 g/mol. The van der Waals surface area contributed by atoms with Gasteiger partial charge in [-0.3, -0.25) is 9.89 Å². The highest BCUT2D eigenvalue weighted by Crippen LogP contribution is 2.34. The lowest BCUT2D eigenvalue weighted by Gasteiger charge is -2.21. The van der Waals surface area contributed by atoms with Gasteiger partial charge in [-0.05, 0) is 55.2 Å². The Kier molecular flexibility index (Phi) is 6.61. The van der Waals surface area contributed by atoms with Gasteiger partial charge < -0.3 is 14.1 Å². The Labute approximate surface area is 202 Å². The van der Waals surface area contributed by atoms with Crippen LogP contribution < -0.4 is 4.74 Å². The third-order valence-corrected chi connectivity index (χ3v) is 6.07. The molecule has 0 saturated carbocycles. The van der Waals surface area contributed by atoms with E-state index in [-0.39, 0.29) is 17.8 Å². The first-order valence-corrected chi connectivity index (χ1v) is 11.9. The number of carbonyl (C=O) groups excluding carboxylic acids is 1. The van der Waals surface area contributed by atoms with Crippen molar-refractivity contribution in [2.75, 3.05) is 13.2 Å². The number of likely N-dealkylation sites (tertiary alicyclic amines) is 1. The second-order valence-electron chi connectivity index (χ2n) is 8.64. The molecule has 5 rings (SSSR count). The molecule has 0 spiro atoms. The summed E-state index contributed by atoms with van der Waals surface area (Å²) in [7, 11) is 0. The summed E-state index contributed by atoms with van der Waals surface area (Å²) in [5.74, 6) is 1.44. The van der Waals surface area contributed by atoms with E-state index in [0.717, 1.165) is 36.1 Å². The number of benzene rings is 2. The van der Waals surface area contributed by atoms with Crippen molar-refractivity contribution in [3.8, 4) is 17.0 Å². The van der Waals surface area contributed by atoms with Crippen LogP contribution in [0.25, 0.3) is 11.3 Å². The molecule has 1 saturated heterocycles. The Morgan fingerprint density at radius 2 is 2.11 bits per heavy atom. The van der Waals surface area contributed by atoms with Gasteiger partial charge in [0, 0.05) is 18.5 Å². The Morgan fingerprint density at radius 1 is 1.23 bits per heavy atom. The highest BCUT2D eigenvalue weighted by atomic mass is 19.1. The fourth-order valence-electron chi connectivity index (χ4n) is 4.41. The first-order chi connectivity index (χ1) is 17.1. The van der Waals surface area contributed by atoms with Crippen LogP contribution in [-0.2, 0) is 6.42 Å². The summed E-state index contributed by atoms with van der Waals surface area (Å²) in [5, 5.41) is 7.28. The molecule has 1 amide bonds. The molecule has 2 aromatic carbocycles. The third-order valence-electron chi connectivity index (χ3n) is 6.07. The molecule has 1 N–H and O–H groups in total. The Balaban J connectivity index is 1.32. The van der Waals surface area contributed by atoms with Crippen LogP contribution in [0, 0.1) is 5.82 Å². The van der Waals surface area contributed by atoms with Crippen LogP contribution >= 0.6 is 0 Å². The molecule has 1 atom stereocenters. The number of aromatic nitrogens is 3. The minimum Gasteiger partial charge on any atom is -0.493 e. The first-order valence-electron chi connectivity index (χ1n) is 11.9. The number of nitrogens with one attached hydrogen (secondary N) is 1. The number of ether oxygens (including phenoxy) is 1. The van der Waals surface area contributed by atoms with Crippen molar-refractivity contribution < 1.29 is 18.3 Å². The van der Waals surface area contributed by atoms with E-state index in [1.54, 1.807) is 23.2 Å². The molecule has 8 heteroatoms. The molecule has 35 heavy (non-hydrogen) atoms. The average Bonchev–Trinajstić information content (AvgIpc) is 3.63. The minimum absolute atomic E-state index is 0.150. The maximum absolute atomic E-state index is 13.5. The fraction of sp³-hybridized carbons (Fsp3) is 0.296. The standard InChI is InChI=1S/C27H27FN4O3/c1-2-13-34-25-11-4-3-9-21(25)22-16-23(31-30-22)27(33)32-12-6-10-24(32)26-29-17-20(35-26)15-18-7-5-8-19(28)14-18/h3-5,7-9,11,14,16-17,24H,2,6,10,12-13,15H2,1H3,(H,30,31)/t24-/m0/s1. The van der Waals surface area contributed by atoms with Gasteiger partial charge >= 0.3 is 0 Å². The largest absolute Gasteiger partial charge is 0.493 e. The smallest absolute Gasteiger partial charge is 0.272 e. The quantitative estimate of drug-likeness (QED) is 0.361. The number of nitrogens with zero attached hydrogens (tertiary/aromatic N) is 3. The molecule has 0 unspecified atom stereocenters. The Bertz CT molecular complexity index is 1320. The van der Waals surface area contributed by atoms with Gasteiger partial charge in [-0.15, -0.1) is 0 Å². The highest BCUT2D eigenvalue weighted by molar-refractivity contribution is 5.94. The van der Waals surface area contributed by atoms with Crippen LogP contribution in [0.5, 0.6) is 5.75 Å². The van der Waals surface area contributed by atoms with Crippen molar-refractivity contribution in [3.63, 3.8) is 0 Å². The molecule has 1 aliphatic rings. The predicted octanol–water partition coefficient (Wildman–Crippen LogP) is 5.56. The molecule has 180 valence electrons. The van der Waals surface area contributed by atoms with Crippen LogP contribution in [0.3, 0.4) is 0 Å². The lowest BCUT2D eigenvalue weighted by molar-refractivity contribution is 0.0708. The molecule has 3 heterocycles. The zero-order valence-corrected chi connectivity index (χ0v) is 19.5. The number of hydrogen-bond donors (Lipinski definition) is 1. The van der Waals surface area contributed by atoms with Gasteiger partial charge in [0.2, 0.25) is 5.89 Å². The van der Waals surface area contributed by atoms with E-state index >= 15 is 0 Å². The van der Waals surface area contributed by atoms with Gasteiger partial charge in [-0.1, -0.05) is 31.2 Å². The summed E-state index contributed by atoms with van der Waals surface area (Å²) >= 11 is 0. The van der Waals surface area contributed by atoms with E-state index in [1.807, 2.05) is 30.3 Å². The first kappa shape index (κ1) is 22.8. The molecule has 0 aliphatic carbocycles. The number of oxazole rings is 1. The molecule has 7 nitrogen and oxygen atoms in total. The summed E-state index contributed by atoms with van der Waals surface area (Å²) < 4.78 is 25.3. The fourth-order valence-corrected chi connectivity index (χ4v) is 4.41. The third kappa shape index (κ3) is 4.96. The number of amides is 1. The van der Waals surface area contributed by atoms with Gasteiger partial charge in [-0.25, -0.2) is 9.37 Å². The average molecular weight is 475 g/mol. The molecule has 0 radical (unpaired) electrons. The van der Waals surface area contributed by atoms with Crippen molar-refractivity contribution >= 4 is 5.91 Å². The highest BCUT2D eigenvalue weighted by Gasteiger charge is 2.34. The topological polar surface area (TPSA) is 84.2 Å². The second kappa shape index (κ2) is 10.1. The van der Waals surface area contributed by atoms with Gasteiger partial charge in [0.15, 0.2) is 0 Å². The van der Waals surface area contributed by atoms with E-state index in [2.05, 4.69) is 22.1 Å². The van der Waals surface area contributed by atoms with Crippen LogP contribution in [-0.4, -0.2) is 39.1 Å². The van der Waals surface area contributed by atoms with Crippen LogP contribution in [0.4, 0.5) is 4.39 Å². The van der Waals surface area contributed by atoms with E-state index < -0.39 is 0 Å². The van der Waals surface area contributed by atoms with Crippen molar-refractivity contribution in [1.82, 2.24) is 20.1 Å². The molecule has 2 aromatic heterocycles. The molecule has 0 bridgehead atoms. The molecule has 4 aromatic rings. The van der Waals surface area contributed by atoms with E-state index in [0.29, 0.717) is 42.6 Å². The number of H-pyrrole nitrogens is 1. The van der Waals surface area contributed by atoms with Crippen LogP contribution in [0.2, 0.25) is 0 Å². The van der Waals surface area contributed by atoms with Gasteiger partial charge in [0.25, 0.3) is 5.91 Å². The summed E-state index contributed by atoms with van der Waals surface area (Å²) in [6.45, 7) is 3.27. The van der Waals surface area contributed by atoms with Crippen LogP contribution in [0.15, 0.2) is 65.2 Å². The molecular formula is C27H27FN4O3. The molecule has 1 aliphatic heterocycles. The summed E-state index contributed by atoms with van der Waals surface area (Å²) in [4.78, 5) is 19.6. The maximum atomic E-state index is 13.5. The van der Waals surface area contributed by atoms with Gasteiger partial charge in [0.05, 0.1) is 18.5 Å². The second-order valence-corrected chi connectivity index (χ2v) is 8.64. The number of hydrogen-bond acceptors (Lipinski definition) is 5. The Hall–Kier alpha value is -3.94. The maximum Gasteiger partial charge on any atom is 0.272 e. The van der Waals surface area contributed by atoms with Crippen LogP contribution in [0.1, 0.15) is 59.9 Å². The summed E-state index contributed by atoms with van der Waals surface area (Å²) in [6.07, 6.45) is 4.62. The lowest BCUT2D eigenvalue weighted by Crippen LogP contribution is -2.31. The van der Waals surface area contributed by atoms with Crippen molar-refractivity contribution in [2.45, 2.75) is 38.6 Å². The van der Waals surface area contributed by atoms with Crippen molar-refractivity contribution in [2.24, 2.45) is 0 Å². The molecule has 1 fully saturated rings. The van der Waals surface area contributed by atoms with Gasteiger partial charge in [-0.2, -0.15) is 5.10 Å². The molecular weight excluding hydrogens is 447 g/mol. The van der Waals surface area contributed by atoms with Crippen molar-refractivity contribution in [1.29, 1.82) is 0 Å². The predicted molar refractivity (Wildman–Crippen MR) is 129 cm³/mol. The normalized spacial score (nSPS) is 15.5. The lowest BCUT2D eigenvalue weighted by atomic mass is 10.1. The summed E-state index contributed by atoms with van der Waals surface area (Å²) in [6, 6.07) is 15.6. The number of carbonyl (C=O) groups is 1. The van der Waals surface area contributed by atoms with E-state index in [9.17, 15) is 9.18 Å². The Morgan fingerprint density at radius 3 is 2.97 bits per heavy atom. The number of para-hydroxylation sites is 1. The van der Waals surface area contributed by atoms with E-state index in [4.69, 9.17) is 9.15 Å². The number of aromatic amines is 1. The van der Waals surface area contributed by atoms with Gasteiger partial charge in [0.1, 0.15) is 29.1 Å². The SMILES string of the molecule is CCCOc1ccccc1-c1cc(C(=O)N2CCC[C@H]2c2ncc(Cc3cccc(F)c3)o2)[nH]n1. The van der Waals surface area contributed by atoms with Crippen molar-refractivity contribution in [3.05, 3.63) is 89.5 Å². The van der Waals surface area contributed by atoms with E-state index in [1.165, 1.54) is 12.1 Å². The number of halogens is 1. The number of rotatable bonds is 8. The zero-order chi connectivity index (χ0) is 24.2. The summed E-state index contributed by atoms with van der Waals surface area (Å²) in [5.41, 5.74) is 2.71. The zero-order valence-electron chi connectivity index (χ0n) is 19.5.